The molecular formula is C14H20BrNO. The Morgan fingerprint density at radius 3 is 2.82 bits per heavy atom. The van der Waals surface area contributed by atoms with Crippen molar-refractivity contribution in [1.82, 2.24) is 0 Å². The highest BCUT2D eigenvalue weighted by atomic mass is 79.9. The summed E-state index contributed by atoms with van der Waals surface area (Å²) < 4.78 is 7.01. The first kappa shape index (κ1) is 12.9. The van der Waals surface area contributed by atoms with Crippen LogP contribution >= 0.6 is 15.9 Å². The number of hydrogen-bond acceptors (Lipinski definition) is 2. The van der Waals surface area contributed by atoms with Crippen LogP contribution in [0.2, 0.25) is 0 Å². The molecular weight excluding hydrogens is 278 g/mol. The minimum atomic E-state index is 0.162. The predicted molar refractivity (Wildman–Crippen MR) is 74.3 cm³/mol. The van der Waals surface area contributed by atoms with E-state index in [2.05, 4.69) is 22.0 Å². The maximum atomic E-state index is 5.97. The van der Waals surface area contributed by atoms with Gasteiger partial charge in [-0.3, -0.25) is 0 Å². The summed E-state index contributed by atoms with van der Waals surface area (Å²) in [6.45, 7) is 2.87. The van der Waals surface area contributed by atoms with Crippen LogP contribution in [0.4, 0.5) is 0 Å². The first-order valence-electron chi connectivity index (χ1n) is 6.32. The van der Waals surface area contributed by atoms with Gasteiger partial charge in [0.2, 0.25) is 0 Å². The van der Waals surface area contributed by atoms with Crippen LogP contribution in [-0.2, 0) is 6.42 Å². The zero-order valence-corrected chi connectivity index (χ0v) is 11.9. The molecule has 1 fully saturated rings. The fraction of sp³-hybridized carbons (Fsp3) is 0.571. The fourth-order valence-electron chi connectivity index (χ4n) is 2.08. The van der Waals surface area contributed by atoms with Crippen molar-refractivity contribution in [2.45, 2.75) is 38.6 Å². The molecule has 94 valence electrons. The summed E-state index contributed by atoms with van der Waals surface area (Å²) in [6, 6.07) is 6.33. The highest BCUT2D eigenvalue weighted by molar-refractivity contribution is 9.10. The van der Waals surface area contributed by atoms with Crippen molar-refractivity contribution >= 4 is 15.9 Å². The SMILES string of the molecule is CC(N)Cc1cccc(Br)c1OCC1CCC1. The van der Waals surface area contributed by atoms with Crippen molar-refractivity contribution in [3.05, 3.63) is 28.2 Å². The van der Waals surface area contributed by atoms with Crippen LogP contribution in [0.15, 0.2) is 22.7 Å². The third kappa shape index (κ3) is 3.46. The Balaban J connectivity index is 2.05. The van der Waals surface area contributed by atoms with Crippen molar-refractivity contribution in [2.24, 2.45) is 11.7 Å². The molecule has 1 atom stereocenters. The summed E-state index contributed by atoms with van der Waals surface area (Å²) in [5, 5.41) is 0. The van der Waals surface area contributed by atoms with Crippen LogP contribution in [-0.4, -0.2) is 12.6 Å². The van der Waals surface area contributed by atoms with Crippen molar-refractivity contribution in [3.8, 4) is 5.75 Å². The lowest BCUT2D eigenvalue weighted by molar-refractivity contribution is 0.178. The van der Waals surface area contributed by atoms with Crippen molar-refractivity contribution in [3.63, 3.8) is 0 Å². The largest absolute Gasteiger partial charge is 0.492 e. The van der Waals surface area contributed by atoms with Crippen LogP contribution in [0.1, 0.15) is 31.7 Å². The Bertz CT molecular complexity index is 374. The summed E-state index contributed by atoms with van der Waals surface area (Å²) in [5.74, 6) is 1.74. The van der Waals surface area contributed by atoms with E-state index in [0.717, 1.165) is 29.2 Å². The second kappa shape index (κ2) is 5.87. The Kier molecular flexibility index (Phi) is 4.46. The summed E-state index contributed by atoms with van der Waals surface area (Å²) in [5.41, 5.74) is 7.07. The highest BCUT2D eigenvalue weighted by Gasteiger charge is 2.19. The lowest BCUT2D eigenvalue weighted by Crippen LogP contribution is -2.21. The minimum absolute atomic E-state index is 0.162. The van der Waals surface area contributed by atoms with Gasteiger partial charge in [-0.15, -0.1) is 0 Å². The van der Waals surface area contributed by atoms with Gasteiger partial charge in [-0.1, -0.05) is 18.6 Å². The molecule has 0 radical (unpaired) electrons. The average molecular weight is 298 g/mol. The molecule has 0 bridgehead atoms. The summed E-state index contributed by atoms with van der Waals surface area (Å²) >= 11 is 3.56. The van der Waals surface area contributed by atoms with E-state index in [1.54, 1.807) is 0 Å². The summed E-state index contributed by atoms with van der Waals surface area (Å²) in [6.07, 6.45) is 4.84. The molecule has 2 nitrogen and oxygen atoms in total. The van der Waals surface area contributed by atoms with Crippen LogP contribution in [0.25, 0.3) is 0 Å². The molecule has 3 heteroatoms. The molecule has 1 saturated carbocycles. The molecule has 0 heterocycles. The van der Waals surface area contributed by atoms with Gasteiger partial charge in [-0.2, -0.15) is 0 Å². The first-order valence-corrected chi connectivity index (χ1v) is 7.12. The zero-order valence-electron chi connectivity index (χ0n) is 10.3. The van der Waals surface area contributed by atoms with Crippen molar-refractivity contribution in [2.75, 3.05) is 6.61 Å². The average Bonchev–Trinajstić information content (AvgIpc) is 2.18. The standard InChI is InChI=1S/C14H20BrNO/c1-10(16)8-12-6-3-7-13(15)14(12)17-9-11-4-2-5-11/h3,6-7,10-11H,2,4-5,8-9,16H2,1H3. The number of para-hydroxylation sites is 1. The fourth-order valence-corrected chi connectivity index (χ4v) is 2.61. The van der Waals surface area contributed by atoms with Gasteiger partial charge in [0, 0.05) is 6.04 Å². The summed E-state index contributed by atoms with van der Waals surface area (Å²) in [7, 11) is 0. The predicted octanol–water partition coefficient (Wildman–Crippen LogP) is 3.52. The Labute approximate surface area is 112 Å². The van der Waals surface area contributed by atoms with E-state index < -0.39 is 0 Å². The molecule has 1 aromatic rings. The number of ether oxygens (including phenoxy) is 1. The maximum absolute atomic E-state index is 5.97. The Morgan fingerprint density at radius 2 is 2.24 bits per heavy atom. The maximum Gasteiger partial charge on any atom is 0.136 e. The van der Waals surface area contributed by atoms with E-state index in [4.69, 9.17) is 10.5 Å². The van der Waals surface area contributed by atoms with Crippen molar-refractivity contribution < 1.29 is 4.74 Å². The quantitative estimate of drug-likeness (QED) is 0.902. The molecule has 2 rings (SSSR count). The van der Waals surface area contributed by atoms with E-state index in [-0.39, 0.29) is 6.04 Å². The van der Waals surface area contributed by atoms with E-state index in [1.807, 2.05) is 19.1 Å². The van der Waals surface area contributed by atoms with Gasteiger partial charge < -0.3 is 10.5 Å². The number of halogens is 1. The molecule has 1 aromatic carbocycles. The van der Waals surface area contributed by atoms with Gasteiger partial charge in [0.05, 0.1) is 11.1 Å². The second-order valence-corrected chi connectivity index (χ2v) is 5.87. The van der Waals surface area contributed by atoms with E-state index in [1.165, 1.54) is 24.8 Å². The van der Waals surface area contributed by atoms with Gasteiger partial charge in [0.25, 0.3) is 0 Å². The molecule has 2 N–H and O–H groups in total. The first-order chi connectivity index (χ1) is 8.16. The Morgan fingerprint density at radius 1 is 1.47 bits per heavy atom. The zero-order chi connectivity index (χ0) is 12.3. The van der Waals surface area contributed by atoms with Gasteiger partial charge in [0.1, 0.15) is 5.75 Å². The summed E-state index contributed by atoms with van der Waals surface area (Å²) in [4.78, 5) is 0. The minimum Gasteiger partial charge on any atom is -0.492 e. The molecule has 1 aliphatic rings. The molecule has 1 aliphatic carbocycles. The van der Waals surface area contributed by atoms with Crippen LogP contribution in [0, 0.1) is 5.92 Å². The molecule has 0 spiro atoms. The number of benzene rings is 1. The third-order valence-corrected chi connectivity index (χ3v) is 3.90. The highest BCUT2D eigenvalue weighted by Crippen LogP contribution is 2.32. The molecule has 0 aromatic heterocycles. The number of nitrogens with two attached hydrogens (primary N) is 1. The smallest absolute Gasteiger partial charge is 0.136 e. The molecule has 17 heavy (non-hydrogen) atoms. The van der Waals surface area contributed by atoms with Crippen LogP contribution < -0.4 is 10.5 Å². The third-order valence-electron chi connectivity index (χ3n) is 3.28. The number of rotatable bonds is 5. The Hall–Kier alpha value is -0.540. The van der Waals surface area contributed by atoms with E-state index >= 15 is 0 Å². The number of hydrogen-bond donors (Lipinski definition) is 1. The second-order valence-electron chi connectivity index (χ2n) is 5.02. The van der Waals surface area contributed by atoms with Crippen LogP contribution in [0.5, 0.6) is 5.75 Å². The topological polar surface area (TPSA) is 35.2 Å². The molecule has 0 amide bonds. The van der Waals surface area contributed by atoms with Gasteiger partial charge >= 0.3 is 0 Å². The van der Waals surface area contributed by atoms with E-state index in [9.17, 15) is 0 Å². The van der Waals surface area contributed by atoms with E-state index in [0.29, 0.717) is 0 Å². The van der Waals surface area contributed by atoms with Gasteiger partial charge in [0.15, 0.2) is 0 Å². The van der Waals surface area contributed by atoms with Crippen molar-refractivity contribution in [1.29, 1.82) is 0 Å². The molecule has 0 aliphatic heterocycles. The van der Waals surface area contributed by atoms with Crippen LogP contribution in [0.3, 0.4) is 0 Å². The monoisotopic (exact) mass is 297 g/mol. The molecule has 0 saturated heterocycles. The lowest BCUT2D eigenvalue weighted by atomic mass is 9.86. The molecule has 1 unspecified atom stereocenters. The van der Waals surface area contributed by atoms with Gasteiger partial charge in [-0.25, -0.2) is 0 Å². The normalized spacial score (nSPS) is 17.6. The van der Waals surface area contributed by atoms with Gasteiger partial charge in [-0.05, 0) is 59.7 Å². The lowest BCUT2D eigenvalue weighted by Gasteiger charge is -2.26.